The zero-order valence-electron chi connectivity index (χ0n) is 8.47. The van der Waals surface area contributed by atoms with Gasteiger partial charge in [-0.1, -0.05) is 0 Å². The van der Waals surface area contributed by atoms with Crippen LogP contribution in [-0.2, 0) is 4.79 Å². The van der Waals surface area contributed by atoms with Gasteiger partial charge in [0.15, 0.2) is 0 Å². The molecule has 0 aliphatic carbocycles. The Morgan fingerprint density at radius 1 is 1.18 bits per heavy atom. The molecular formula is C9H7I3N2O3. The smallest absolute Gasteiger partial charge is 0.338 e. The van der Waals surface area contributed by atoms with E-state index in [2.05, 4.69) is 5.32 Å². The molecule has 1 aromatic rings. The molecular weight excluding hydrogens is 565 g/mol. The van der Waals surface area contributed by atoms with Gasteiger partial charge < -0.3 is 16.2 Å². The summed E-state index contributed by atoms with van der Waals surface area (Å²) < 4.78 is 1.61. The van der Waals surface area contributed by atoms with Gasteiger partial charge in [-0.15, -0.1) is 0 Å². The van der Waals surface area contributed by atoms with Crippen LogP contribution in [0.1, 0.15) is 17.3 Å². The van der Waals surface area contributed by atoms with Gasteiger partial charge in [-0.2, -0.15) is 0 Å². The lowest BCUT2D eigenvalue weighted by molar-refractivity contribution is -0.114. The minimum atomic E-state index is -1.06. The molecule has 92 valence electrons. The lowest BCUT2D eigenvalue weighted by Gasteiger charge is -2.15. The maximum Gasteiger partial charge on any atom is 0.338 e. The molecule has 8 heteroatoms. The van der Waals surface area contributed by atoms with Crippen LogP contribution in [0, 0.1) is 10.7 Å². The number of nitrogens with one attached hydrogen (secondary N) is 1. The lowest BCUT2D eigenvalue weighted by atomic mass is 10.1. The molecule has 1 rings (SSSR count). The van der Waals surface area contributed by atoms with Gasteiger partial charge in [0, 0.05) is 6.92 Å². The van der Waals surface area contributed by atoms with Crippen molar-refractivity contribution in [3.8, 4) is 0 Å². The molecule has 5 nitrogen and oxygen atoms in total. The number of halogens is 3. The largest absolute Gasteiger partial charge is 0.478 e. The molecule has 0 unspecified atom stereocenters. The number of carboxylic acids is 1. The summed E-state index contributed by atoms with van der Waals surface area (Å²) in [5, 5.41) is 11.7. The summed E-state index contributed by atoms with van der Waals surface area (Å²) in [6.07, 6.45) is 0. The van der Waals surface area contributed by atoms with E-state index in [1.165, 1.54) is 6.92 Å². The third-order valence-corrected chi connectivity index (χ3v) is 5.19. The minimum absolute atomic E-state index is 0.118. The highest BCUT2D eigenvalue weighted by atomic mass is 127. The van der Waals surface area contributed by atoms with Crippen LogP contribution in [0.5, 0.6) is 0 Å². The SMILES string of the molecule is CC(=O)Nc1c(I)c(N)c(I)c(C(=O)O)c1I. The van der Waals surface area contributed by atoms with Gasteiger partial charge in [0.25, 0.3) is 0 Å². The number of anilines is 2. The molecule has 0 heterocycles. The summed E-state index contributed by atoms with van der Waals surface area (Å²) in [5.41, 5.74) is 6.77. The molecule has 17 heavy (non-hydrogen) atoms. The maximum atomic E-state index is 11.2. The number of carbonyl (C=O) groups is 2. The molecule has 0 aliphatic heterocycles. The molecule has 0 radical (unpaired) electrons. The molecule has 0 atom stereocenters. The quantitative estimate of drug-likeness (QED) is 0.376. The predicted molar refractivity (Wildman–Crippen MR) is 90.3 cm³/mol. The standard InChI is InChI=1S/C9H7I3N2O3/c1-2(15)14-8-5(11)3(9(16)17)4(10)7(13)6(8)12/h13H2,1H3,(H,14,15)(H,16,17). The van der Waals surface area contributed by atoms with Crippen LogP contribution in [0.3, 0.4) is 0 Å². The van der Waals surface area contributed by atoms with Gasteiger partial charge >= 0.3 is 5.97 Å². The summed E-state index contributed by atoms with van der Waals surface area (Å²) in [4.78, 5) is 22.3. The van der Waals surface area contributed by atoms with Crippen molar-refractivity contribution in [1.82, 2.24) is 0 Å². The first-order valence-corrected chi connectivity index (χ1v) is 7.47. The van der Waals surface area contributed by atoms with Gasteiger partial charge in [-0.05, 0) is 67.8 Å². The normalized spacial score (nSPS) is 10.1. The van der Waals surface area contributed by atoms with Gasteiger partial charge in [-0.25, -0.2) is 4.79 Å². The van der Waals surface area contributed by atoms with Gasteiger partial charge in [0.1, 0.15) is 0 Å². The first kappa shape index (κ1) is 15.2. The van der Waals surface area contributed by atoms with Crippen molar-refractivity contribution in [2.24, 2.45) is 0 Å². The molecule has 0 aliphatic rings. The van der Waals surface area contributed by atoms with E-state index in [1.807, 2.05) is 67.8 Å². The zero-order chi connectivity index (χ0) is 13.3. The van der Waals surface area contributed by atoms with Crippen LogP contribution in [0.4, 0.5) is 11.4 Å². The van der Waals surface area contributed by atoms with Crippen LogP contribution in [-0.4, -0.2) is 17.0 Å². The Bertz CT molecular complexity index is 517. The van der Waals surface area contributed by atoms with Crippen molar-refractivity contribution in [3.63, 3.8) is 0 Å². The van der Waals surface area contributed by atoms with E-state index in [0.29, 0.717) is 22.1 Å². The van der Waals surface area contributed by atoms with Gasteiger partial charge in [0.2, 0.25) is 5.91 Å². The van der Waals surface area contributed by atoms with Crippen molar-refractivity contribution >= 4 is 91.0 Å². The van der Waals surface area contributed by atoms with Crippen LogP contribution in [0.25, 0.3) is 0 Å². The van der Waals surface area contributed by atoms with Crippen LogP contribution in [0.15, 0.2) is 0 Å². The average Bonchev–Trinajstić information content (AvgIpc) is 2.21. The van der Waals surface area contributed by atoms with Gasteiger partial charge in [0.05, 0.1) is 27.6 Å². The Morgan fingerprint density at radius 3 is 2.12 bits per heavy atom. The van der Waals surface area contributed by atoms with E-state index >= 15 is 0 Å². The van der Waals surface area contributed by atoms with Crippen molar-refractivity contribution in [2.45, 2.75) is 6.92 Å². The third kappa shape index (κ3) is 3.13. The highest BCUT2D eigenvalue weighted by Gasteiger charge is 2.23. The molecule has 0 saturated carbocycles. The summed E-state index contributed by atoms with van der Waals surface area (Å²) in [6.45, 7) is 1.36. The van der Waals surface area contributed by atoms with Crippen molar-refractivity contribution in [1.29, 1.82) is 0 Å². The Labute approximate surface area is 138 Å². The highest BCUT2D eigenvalue weighted by Crippen LogP contribution is 2.37. The third-order valence-electron chi connectivity index (χ3n) is 1.87. The highest BCUT2D eigenvalue weighted by molar-refractivity contribution is 14.1. The average molecular weight is 572 g/mol. The van der Waals surface area contributed by atoms with Crippen LogP contribution in [0.2, 0.25) is 0 Å². The number of carboxylic acid groups (broad SMARTS) is 1. The molecule has 0 spiro atoms. The molecule has 4 N–H and O–H groups in total. The van der Waals surface area contributed by atoms with Crippen molar-refractivity contribution in [3.05, 3.63) is 16.3 Å². The number of rotatable bonds is 2. The number of nitrogens with two attached hydrogens (primary N) is 1. The Balaban J connectivity index is 3.61. The van der Waals surface area contributed by atoms with E-state index < -0.39 is 5.97 Å². The number of nitrogen functional groups attached to an aromatic ring is 1. The zero-order valence-corrected chi connectivity index (χ0v) is 14.9. The monoisotopic (exact) mass is 572 g/mol. The fraction of sp³-hybridized carbons (Fsp3) is 0.111. The Hall–Kier alpha value is 0.150. The van der Waals surface area contributed by atoms with E-state index in [0.717, 1.165) is 0 Å². The predicted octanol–water partition coefficient (Wildman–Crippen LogP) is 2.74. The topological polar surface area (TPSA) is 92.4 Å². The lowest BCUT2D eigenvalue weighted by Crippen LogP contribution is -2.15. The number of hydrogen-bond donors (Lipinski definition) is 3. The summed E-state index contributed by atoms with van der Waals surface area (Å²) in [5.74, 6) is -1.33. The molecule has 0 saturated heterocycles. The van der Waals surface area contributed by atoms with Gasteiger partial charge in [-0.3, -0.25) is 4.79 Å². The van der Waals surface area contributed by atoms with E-state index in [-0.39, 0.29) is 11.5 Å². The van der Waals surface area contributed by atoms with Crippen molar-refractivity contribution in [2.75, 3.05) is 11.1 Å². The summed E-state index contributed by atoms with van der Waals surface area (Å²) in [7, 11) is 0. The second-order valence-electron chi connectivity index (χ2n) is 3.09. The number of amides is 1. The van der Waals surface area contributed by atoms with Crippen LogP contribution >= 0.6 is 67.8 Å². The number of hydrogen-bond acceptors (Lipinski definition) is 3. The van der Waals surface area contributed by atoms with E-state index in [4.69, 9.17) is 10.8 Å². The Morgan fingerprint density at radius 2 is 1.71 bits per heavy atom. The fourth-order valence-corrected chi connectivity index (χ4v) is 5.05. The molecule has 0 aromatic heterocycles. The number of aromatic carboxylic acids is 1. The Kier molecular flexibility index (Phi) is 5.24. The second kappa shape index (κ2) is 5.86. The summed E-state index contributed by atoms with van der Waals surface area (Å²) >= 11 is 5.78. The van der Waals surface area contributed by atoms with Crippen LogP contribution < -0.4 is 11.1 Å². The van der Waals surface area contributed by atoms with E-state index in [9.17, 15) is 9.59 Å². The first-order valence-electron chi connectivity index (χ1n) is 4.24. The number of carbonyl (C=O) groups excluding carboxylic acids is 1. The van der Waals surface area contributed by atoms with Crippen molar-refractivity contribution < 1.29 is 14.7 Å². The molecule has 1 amide bonds. The first-order chi connectivity index (χ1) is 7.77. The molecule has 0 fully saturated rings. The second-order valence-corrected chi connectivity index (χ2v) is 6.33. The number of benzene rings is 1. The minimum Gasteiger partial charge on any atom is -0.478 e. The molecule has 1 aromatic carbocycles. The van der Waals surface area contributed by atoms with E-state index in [1.54, 1.807) is 0 Å². The summed E-state index contributed by atoms with van der Waals surface area (Å²) in [6, 6.07) is 0. The maximum absolute atomic E-state index is 11.2. The fourth-order valence-electron chi connectivity index (χ4n) is 1.16. The molecule has 0 bridgehead atoms.